The van der Waals surface area contributed by atoms with E-state index in [1.54, 1.807) is 12.1 Å². The molecule has 3 nitrogen and oxygen atoms in total. The van der Waals surface area contributed by atoms with Gasteiger partial charge in [0.25, 0.3) is 0 Å². The van der Waals surface area contributed by atoms with Crippen molar-refractivity contribution >= 4 is 5.97 Å². The fraction of sp³-hybridized carbons (Fsp3) is 0.500. The Kier molecular flexibility index (Phi) is 4.59. The molecule has 2 atom stereocenters. The molecule has 1 fully saturated rings. The van der Waals surface area contributed by atoms with Gasteiger partial charge in [0.1, 0.15) is 0 Å². The van der Waals surface area contributed by atoms with Crippen LogP contribution in [0.3, 0.4) is 0 Å². The van der Waals surface area contributed by atoms with Crippen molar-refractivity contribution in [2.75, 3.05) is 0 Å². The summed E-state index contributed by atoms with van der Waals surface area (Å²) >= 11 is 0. The summed E-state index contributed by atoms with van der Waals surface area (Å²) in [7, 11) is 0. The van der Waals surface area contributed by atoms with Crippen LogP contribution in [-0.2, 0) is 9.78 Å². The lowest BCUT2D eigenvalue weighted by atomic mass is 9.82. The number of benzene rings is 1. The Morgan fingerprint density at radius 3 is 2.79 bits per heavy atom. The van der Waals surface area contributed by atoms with Crippen LogP contribution >= 0.6 is 0 Å². The van der Waals surface area contributed by atoms with Gasteiger partial charge in [-0.2, -0.15) is 4.89 Å². The fourth-order valence-electron chi connectivity index (χ4n) is 2.37. The van der Waals surface area contributed by atoms with Crippen LogP contribution in [0, 0.1) is 24.9 Å². The number of hydrogen-bond donors (Lipinski definition) is 0. The predicted molar refractivity (Wildman–Crippen MR) is 73.1 cm³/mol. The second kappa shape index (κ2) is 6.20. The summed E-state index contributed by atoms with van der Waals surface area (Å²) in [6, 6.07) is 7.31. The molecule has 1 saturated carbocycles. The summed E-state index contributed by atoms with van der Waals surface area (Å²) < 4.78 is 0. The molecule has 0 saturated heterocycles. The van der Waals surface area contributed by atoms with E-state index in [9.17, 15) is 4.79 Å². The Morgan fingerprint density at radius 1 is 1.26 bits per heavy atom. The highest BCUT2D eigenvalue weighted by atomic mass is 17.2. The SMILES string of the molecule is Cc1cccc(C(=O)OO[C]2CC(C)CCC2C)c1. The minimum absolute atomic E-state index is 0.363. The minimum atomic E-state index is -0.429. The Balaban J connectivity index is 1.89. The van der Waals surface area contributed by atoms with E-state index >= 15 is 0 Å². The molecule has 1 aromatic carbocycles. The molecule has 0 aromatic heterocycles. The normalized spacial score (nSPS) is 24.2. The molecule has 1 aliphatic rings. The average molecular weight is 261 g/mol. The molecule has 0 aliphatic heterocycles. The maximum atomic E-state index is 11.9. The third-order valence-corrected chi connectivity index (χ3v) is 3.67. The Morgan fingerprint density at radius 2 is 2.05 bits per heavy atom. The molecule has 3 heteroatoms. The zero-order chi connectivity index (χ0) is 13.8. The molecule has 19 heavy (non-hydrogen) atoms. The fourth-order valence-corrected chi connectivity index (χ4v) is 2.37. The molecule has 0 heterocycles. The summed E-state index contributed by atoms with van der Waals surface area (Å²) in [5.41, 5.74) is 1.55. The minimum Gasteiger partial charge on any atom is -0.292 e. The van der Waals surface area contributed by atoms with Crippen LogP contribution in [0.5, 0.6) is 0 Å². The van der Waals surface area contributed by atoms with E-state index in [2.05, 4.69) is 13.8 Å². The smallest absolute Gasteiger partial charge is 0.292 e. The molecule has 103 valence electrons. The van der Waals surface area contributed by atoms with Crippen molar-refractivity contribution in [3.8, 4) is 0 Å². The number of hydrogen-bond acceptors (Lipinski definition) is 3. The molecule has 2 unspecified atom stereocenters. The number of rotatable bonds is 3. The van der Waals surface area contributed by atoms with Crippen molar-refractivity contribution in [3.05, 3.63) is 41.5 Å². The molecule has 1 radical (unpaired) electrons. The van der Waals surface area contributed by atoms with E-state index in [-0.39, 0.29) is 0 Å². The maximum absolute atomic E-state index is 11.9. The van der Waals surface area contributed by atoms with E-state index < -0.39 is 5.97 Å². The molecular formula is C16H21O3. The highest BCUT2D eigenvalue weighted by Gasteiger charge is 2.29. The topological polar surface area (TPSA) is 35.5 Å². The van der Waals surface area contributed by atoms with Crippen molar-refractivity contribution in [1.29, 1.82) is 0 Å². The third-order valence-electron chi connectivity index (χ3n) is 3.67. The molecule has 2 rings (SSSR count). The summed E-state index contributed by atoms with van der Waals surface area (Å²) in [4.78, 5) is 22.1. The highest BCUT2D eigenvalue weighted by molar-refractivity contribution is 5.89. The Bertz CT molecular complexity index is 441. The van der Waals surface area contributed by atoms with E-state index in [0.29, 0.717) is 17.4 Å². The number of carbonyl (C=O) groups is 1. The van der Waals surface area contributed by atoms with Crippen molar-refractivity contribution in [3.63, 3.8) is 0 Å². The van der Waals surface area contributed by atoms with Gasteiger partial charge in [-0.25, -0.2) is 4.79 Å². The lowest BCUT2D eigenvalue weighted by Crippen LogP contribution is -2.23. The van der Waals surface area contributed by atoms with E-state index in [4.69, 9.17) is 9.78 Å². The molecule has 1 aliphatic carbocycles. The van der Waals surface area contributed by atoms with Gasteiger partial charge < -0.3 is 0 Å². The van der Waals surface area contributed by atoms with Crippen LogP contribution in [0.25, 0.3) is 0 Å². The lowest BCUT2D eigenvalue weighted by Gasteiger charge is -2.29. The van der Waals surface area contributed by atoms with Gasteiger partial charge in [-0.3, -0.25) is 4.89 Å². The zero-order valence-corrected chi connectivity index (χ0v) is 11.8. The Labute approximate surface area is 114 Å². The first-order valence-electron chi connectivity index (χ1n) is 6.87. The van der Waals surface area contributed by atoms with Crippen molar-refractivity contribution in [2.24, 2.45) is 11.8 Å². The molecular weight excluding hydrogens is 240 g/mol. The maximum Gasteiger partial charge on any atom is 0.373 e. The molecule has 0 amide bonds. The van der Waals surface area contributed by atoms with Crippen molar-refractivity contribution in [1.82, 2.24) is 0 Å². The predicted octanol–water partition coefficient (Wildman–Crippen LogP) is 4.07. The van der Waals surface area contributed by atoms with Crippen LogP contribution in [0.15, 0.2) is 24.3 Å². The van der Waals surface area contributed by atoms with Gasteiger partial charge in [-0.05, 0) is 43.7 Å². The van der Waals surface area contributed by atoms with Crippen LogP contribution in [0.1, 0.15) is 49.0 Å². The van der Waals surface area contributed by atoms with Crippen LogP contribution in [0.4, 0.5) is 0 Å². The van der Waals surface area contributed by atoms with Gasteiger partial charge in [0.2, 0.25) is 0 Å². The Hall–Kier alpha value is -1.35. The van der Waals surface area contributed by atoms with Crippen molar-refractivity contribution < 1.29 is 14.6 Å². The molecule has 0 bridgehead atoms. The van der Waals surface area contributed by atoms with E-state index in [1.165, 1.54) is 6.42 Å². The largest absolute Gasteiger partial charge is 0.373 e. The average Bonchev–Trinajstić information content (AvgIpc) is 2.39. The van der Waals surface area contributed by atoms with Crippen LogP contribution in [-0.4, -0.2) is 5.97 Å². The van der Waals surface area contributed by atoms with Gasteiger partial charge in [0.15, 0.2) is 6.10 Å². The monoisotopic (exact) mass is 261 g/mol. The lowest BCUT2D eigenvalue weighted by molar-refractivity contribution is -0.248. The summed E-state index contributed by atoms with van der Waals surface area (Å²) in [6.07, 6.45) is 4.07. The second-order valence-corrected chi connectivity index (χ2v) is 5.58. The van der Waals surface area contributed by atoms with Gasteiger partial charge in [0, 0.05) is 0 Å². The quantitative estimate of drug-likeness (QED) is 0.607. The van der Waals surface area contributed by atoms with E-state index in [0.717, 1.165) is 24.5 Å². The molecule has 0 N–H and O–H groups in total. The first-order valence-corrected chi connectivity index (χ1v) is 6.87. The first-order chi connectivity index (χ1) is 9.06. The first kappa shape index (κ1) is 14.1. The summed E-state index contributed by atoms with van der Waals surface area (Å²) in [5, 5.41) is 0. The van der Waals surface area contributed by atoms with Gasteiger partial charge in [-0.15, -0.1) is 0 Å². The number of aryl methyl sites for hydroxylation is 1. The van der Waals surface area contributed by atoms with Crippen LogP contribution in [0.2, 0.25) is 0 Å². The third kappa shape index (κ3) is 3.80. The van der Waals surface area contributed by atoms with Crippen LogP contribution < -0.4 is 0 Å². The van der Waals surface area contributed by atoms with Gasteiger partial charge in [0.05, 0.1) is 5.56 Å². The van der Waals surface area contributed by atoms with Crippen molar-refractivity contribution in [2.45, 2.75) is 40.0 Å². The molecule has 0 spiro atoms. The van der Waals surface area contributed by atoms with Gasteiger partial charge >= 0.3 is 5.97 Å². The van der Waals surface area contributed by atoms with E-state index in [1.807, 2.05) is 19.1 Å². The molecule has 1 aromatic rings. The van der Waals surface area contributed by atoms with Gasteiger partial charge in [-0.1, -0.05) is 38.0 Å². The second-order valence-electron chi connectivity index (χ2n) is 5.58. The standard InChI is InChI=1S/C16H21O3/c1-11-5-4-6-14(9-11)16(17)19-18-15-10-12(2)7-8-13(15)3/h4-6,9,12-13H,7-8,10H2,1-3H3. The number of carbonyl (C=O) groups excluding carboxylic acids is 1. The summed E-state index contributed by atoms with van der Waals surface area (Å²) in [6.45, 7) is 6.25. The zero-order valence-electron chi connectivity index (χ0n) is 11.8. The highest BCUT2D eigenvalue weighted by Crippen LogP contribution is 2.35. The summed E-state index contributed by atoms with van der Waals surface area (Å²) in [5.74, 6) is 0.534.